The molecule has 0 bridgehead atoms. The van der Waals surface area contributed by atoms with Gasteiger partial charge in [0.25, 0.3) is 10.0 Å². The van der Waals surface area contributed by atoms with E-state index >= 15 is 0 Å². The maximum absolute atomic E-state index is 12.6. The van der Waals surface area contributed by atoms with Crippen LogP contribution in [-0.4, -0.2) is 31.5 Å². The van der Waals surface area contributed by atoms with Crippen LogP contribution < -0.4 is 9.46 Å². The molecule has 0 fully saturated rings. The summed E-state index contributed by atoms with van der Waals surface area (Å²) < 4.78 is 38.1. The van der Waals surface area contributed by atoms with E-state index in [1.807, 2.05) is 24.3 Å². The van der Waals surface area contributed by atoms with Crippen molar-refractivity contribution in [3.63, 3.8) is 0 Å². The number of nitrogens with zero attached hydrogens (tertiary/aromatic N) is 2. The molecular weight excluding hydrogens is 418 g/mol. The number of carbonyl (C=O) groups excluding carboxylic acids is 1. The summed E-state index contributed by atoms with van der Waals surface area (Å²) in [7, 11) is -2.65. The van der Waals surface area contributed by atoms with Crippen LogP contribution in [0.3, 0.4) is 0 Å². The quantitative estimate of drug-likeness (QED) is 0.456. The van der Waals surface area contributed by atoms with Crippen molar-refractivity contribution in [3.05, 3.63) is 84.8 Å². The molecule has 0 unspecified atom stereocenters. The molecule has 0 amide bonds. The first-order chi connectivity index (χ1) is 15.0. The molecular formula is C22H17N3O5S. The van der Waals surface area contributed by atoms with Gasteiger partial charge in [-0.15, -0.1) is 0 Å². The lowest BCUT2D eigenvalue weighted by molar-refractivity contribution is 0.0594. The number of ether oxygens (including phenoxy) is 2. The minimum atomic E-state index is -3.88. The molecule has 0 radical (unpaired) electrons. The van der Waals surface area contributed by atoms with E-state index in [1.165, 1.54) is 19.2 Å². The number of carbonyl (C=O) groups is 1. The second kappa shape index (κ2) is 8.41. The molecule has 0 aliphatic rings. The third-order valence-electron chi connectivity index (χ3n) is 4.38. The number of methoxy groups -OCH3 is 1. The summed E-state index contributed by atoms with van der Waals surface area (Å²) in [4.78, 5) is 19.5. The number of aromatic nitrogens is 2. The average molecular weight is 435 g/mol. The van der Waals surface area contributed by atoms with Crippen molar-refractivity contribution in [3.8, 4) is 11.5 Å². The fraction of sp³-hybridized carbons (Fsp3) is 0.0455. The lowest BCUT2D eigenvalue weighted by atomic mass is 10.2. The van der Waals surface area contributed by atoms with Gasteiger partial charge >= 0.3 is 5.97 Å². The Morgan fingerprint density at radius 2 is 1.71 bits per heavy atom. The molecule has 0 aliphatic carbocycles. The van der Waals surface area contributed by atoms with Crippen LogP contribution in [0.2, 0.25) is 0 Å². The Balaban J connectivity index is 1.49. The first-order valence-corrected chi connectivity index (χ1v) is 10.6. The van der Waals surface area contributed by atoms with Gasteiger partial charge in [0.15, 0.2) is 0 Å². The number of fused-ring (bicyclic) bond motifs is 1. The molecule has 0 saturated heterocycles. The predicted octanol–water partition coefficient (Wildman–Crippen LogP) is 4.01. The van der Waals surface area contributed by atoms with Crippen molar-refractivity contribution in [1.29, 1.82) is 0 Å². The maximum Gasteiger partial charge on any atom is 0.356 e. The molecule has 0 spiro atoms. The van der Waals surface area contributed by atoms with E-state index in [2.05, 4.69) is 19.4 Å². The summed E-state index contributed by atoms with van der Waals surface area (Å²) >= 11 is 0. The fourth-order valence-corrected chi connectivity index (χ4v) is 3.86. The fourth-order valence-electron chi connectivity index (χ4n) is 2.86. The van der Waals surface area contributed by atoms with Crippen molar-refractivity contribution in [1.82, 2.24) is 9.97 Å². The Kier molecular flexibility index (Phi) is 5.50. The Bertz CT molecular complexity index is 1330. The third kappa shape index (κ3) is 4.46. The van der Waals surface area contributed by atoms with Gasteiger partial charge in [-0.1, -0.05) is 12.1 Å². The number of para-hydroxylation sites is 1. The van der Waals surface area contributed by atoms with Gasteiger partial charge in [-0.2, -0.15) is 0 Å². The van der Waals surface area contributed by atoms with Crippen molar-refractivity contribution in [2.45, 2.75) is 4.90 Å². The van der Waals surface area contributed by atoms with Crippen LogP contribution in [0.5, 0.6) is 11.5 Å². The van der Waals surface area contributed by atoms with Gasteiger partial charge in [0.1, 0.15) is 22.1 Å². The van der Waals surface area contributed by atoms with Crippen molar-refractivity contribution >= 4 is 32.6 Å². The molecule has 0 saturated carbocycles. The smallest absolute Gasteiger partial charge is 0.356 e. The highest BCUT2D eigenvalue weighted by Crippen LogP contribution is 2.29. The number of esters is 1. The molecule has 156 valence electrons. The minimum absolute atomic E-state index is 0.0200. The molecule has 9 heteroatoms. The molecule has 4 aromatic rings. The highest BCUT2D eigenvalue weighted by molar-refractivity contribution is 7.92. The monoisotopic (exact) mass is 435 g/mol. The third-order valence-corrected chi connectivity index (χ3v) is 5.75. The second-order valence-corrected chi connectivity index (χ2v) is 8.11. The van der Waals surface area contributed by atoms with E-state index in [9.17, 15) is 13.2 Å². The summed E-state index contributed by atoms with van der Waals surface area (Å²) in [5, 5.41) is 0.873. The number of hydrogen-bond donors (Lipinski definition) is 1. The normalized spacial score (nSPS) is 11.1. The highest BCUT2D eigenvalue weighted by Gasteiger charge is 2.16. The van der Waals surface area contributed by atoms with Crippen LogP contribution in [0.1, 0.15) is 10.5 Å². The molecule has 2 heterocycles. The van der Waals surface area contributed by atoms with Crippen LogP contribution in [0.15, 0.2) is 84.0 Å². The lowest BCUT2D eigenvalue weighted by Crippen LogP contribution is -2.14. The van der Waals surface area contributed by atoms with E-state index in [0.29, 0.717) is 17.2 Å². The van der Waals surface area contributed by atoms with E-state index in [-0.39, 0.29) is 10.6 Å². The van der Waals surface area contributed by atoms with Gasteiger partial charge in [0.05, 0.1) is 12.6 Å². The van der Waals surface area contributed by atoms with Crippen LogP contribution in [-0.2, 0) is 14.8 Å². The maximum atomic E-state index is 12.6. The predicted molar refractivity (Wildman–Crippen MR) is 115 cm³/mol. The van der Waals surface area contributed by atoms with Crippen LogP contribution in [0.4, 0.5) is 5.69 Å². The summed E-state index contributed by atoms with van der Waals surface area (Å²) in [5.74, 6) is 0.550. The summed E-state index contributed by atoms with van der Waals surface area (Å²) in [5.41, 5.74) is 1.19. The van der Waals surface area contributed by atoms with Gasteiger partial charge in [-0.25, -0.2) is 18.2 Å². The highest BCUT2D eigenvalue weighted by atomic mass is 32.2. The number of benzene rings is 2. The van der Waals surface area contributed by atoms with Crippen molar-refractivity contribution in [2.75, 3.05) is 11.8 Å². The summed E-state index contributed by atoms with van der Waals surface area (Å²) in [6, 6.07) is 18.5. The van der Waals surface area contributed by atoms with Gasteiger partial charge in [-0.05, 0) is 54.6 Å². The minimum Gasteiger partial charge on any atom is -0.464 e. The number of rotatable bonds is 6. The topological polar surface area (TPSA) is 107 Å². The zero-order valence-electron chi connectivity index (χ0n) is 16.3. The molecule has 2 aromatic carbocycles. The summed E-state index contributed by atoms with van der Waals surface area (Å²) in [6.07, 6.45) is 2.76. The first-order valence-electron chi connectivity index (χ1n) is 9.15. The molecule has 0 atom stereocenters. The van der Waals surface area contributed by atoms with Crippen LogP contribution >= 0.6 is 0 Å². The van der Waals surface area contributed by atoms with Gasteiger partial charge in [0, 0.05) is 23.5 Å². The van der Waals surface area contributed by atoms with E-state index in [1.54, 1.807) is 36.5 Å². The Labute approximate surface area is 178 Å². The zero-order chi connectivity index (χ0) is 21.8. The first kappa shape index (κ1) is 20.3. The van der Waals surface area contributed by atoms with Crippen LogP contribution in [0, 0.1) is 0 Å². The van der Waals surface area contributed by atoms with E-state index in [4.69, 9.17) is 4.74 Å². The van der Waals surface area contributed by atoms with Crippen LogP contribution in [0.25, 0.3) is 10.9 Å². The molecule has 8 nitrogen and oxygen atoms in total. The molecule has 0 aliphatic heterocycles. The Morgan fingerprint density at radius 1 is 0.935 bits per heavy atom. The number of pyridine rings is 2. The average Bonchev–Trinajstić information content (AvgIpc) is 2.80. The molecule has 4 rings (SSSR count). The van der Waals surface area contributed by atoms with Gasteiger partial charge < -0.3 is 9.47 Å². The number of anilines is 1. The van der Waals surface area contributed by atoms with E-state index in [0.717, 1.165) is 17.1 Å². The summed E-state index contributed by atoms with van der Waals surface area (Å²) in [6.45, 7) is 0. The van der Waals surface area contributed by atoms with Gasteiger partial charge in [-0.3, -0.25) is 9.71 Å². The zero-order valence-corrected chi connectivity index (χ0v) is 17.2. The van der Waals surface area contributed by atoms with E-state index < -0.39 is 16.0 Å². The van der Waals surface area contributed by atoms with Crippen molar-refractivity contribution < 1.29 is 22.7 Å². The molecule has 1 N–H and O–H groups in total. The number of sulfonamides is 1. The van der Waals surface area contributed by atoms with Crippen molar-refractivity contribution in [2.24, 2.45) is 0 Å². The molecule has 31 heavy (non-hydrogen) atoms. The largest absolute Gasteiger partial charge is 0.464 e. The van der Waals surface area contributed by atoms with Gasteiger partial charge in [0.2, 0.25) is 0 Å². The number of hydrogen-bond acceptors (Lipinski definition) is 7. The standard InChI is InChI=1S/C22H17N3O5S/c1-29-22(26)20-11-10-17(14-24-20)31(27,28)25-15-6-8-16(9-7-15)30-21-12-13-23-19-5-3-2-4-18(19)21/h2-14,25H,1H3. The Morgan fingerprint density at radius 3 is 2.42 bits per heavy atom. The Hall–Kier alpha value is -3.98. The SMILES string of the molecule is COC(=O)c1ccc(S(=O)(=O)Nc2ccc(Oc3ccnc4ccccc34)cc2)cn1. The molecule has 2 aromatic heterocycles. The second-order valence-electron chi connectivity index (χ2n) is 6.43. The lowest BCUT2D eigenvalue weighted by Gasteiger charge is -2.11. The number of nitrogens with one attached hydrogen (secondary N) is 1.